The molecular formula is C11H13N3OS. The van der Waals surface area contributed by atoms with Crippen LogP contribution in [0, 0.1) is 0 Å². The summed E-state index contributed by atoms with van der Waals surface area (Å²) < 4.78 is 9.76. The SMILES string of the molecule is CC(C)Oc1cccc(-c2nsc(N)n2)c1. The molecule has 16 heavy (non-hydrogen) atoms. The van der Waals surface area contributed by atoms with Crippen molar-refractivity contribution in [1.29, 1.82) is 0 Å². The van der Waals surface area contributed by atoms with Gasteiger partial charge in [-0.3, -0.25) is 0 Å². The zero-order valence-electron chi connectivity index (χ0n) is 9.18. The maximum Gasteiger partial charge on any atom is 0.200 e. The first-order chi connectivity index (χ1) is 7.65. The van der Waals surface area contributed by atoms with E-state index < -0.39 is 0 Å². The van der Waals surface area contributed by atoms with Crippen molar-refractivity contribution in [3.05, 3.63) is 24.3 Å². The van der Waals surface area contributed by atoms with Crippen LogP contribution in [0.2, 0.25) is 0 Å². The number of anilines is 1. The van der Waals surface area contributed by atoms with Crippen LogP contribution < -0.4 is 10.5 Å². The van der Waals surface area contributed by atoms with Gasteiger partial charge >= 0.3 is 0 Å². The highest BCUT2D eigenvalue weighted by Gasteiger charge is 2.06. The number of rotatable bonds is 3. The first-order valence-electron chi connectivity index (χ1n) is 5.01. The molecule has 0 atom stereocenters. The number of benzene rings is 1. The van der Waals surface area contributed by atoms with E-state index in [4.69, 9.17) is 10.5 Å². The van der Waals surface area contributed by atoms with Gasteiger partial charge < -0.3 is 10.5 Å². The quantitative estimate of drug-likeness (QED) is 0.888. The smallest absolute Gasteiger partial charge is 0.200 e. The van der Waals surface area contributed by atoms with E-state index in [2.05, 4.69) is 9.36 Å². The number of nitrogens with two attached hydrogens (primary N) is 1. The third-order valence-corrected chi connectivity index (χ3v) is 2.45. The Kier molecular flexibility index (Phi) is 3.05. The van der Waals surface area contributed by atoms with Gasteiger partial charge in [0.05, 0.1) is 6.10 Å². The van der Waals surface area contributed by atoms with Gasteiger partial charge in [-0.15, -0.1) is 0 Å². The fourth-order valence-electron chi connectivity index (χ4n) is 1.33. The lowest BCUT2D eigenvalue weighted by Gasteiger charge is -2.09. The second kappa shape index (κ2) is 4.49. The topological polar surface area (TPSA) is 61.0 Å². The molecule has 0 radical (unpaired) electrons. The van der Waals surface area contributed by atoms with Crippen molar-refractivity contribution >= 4 is 16.7 Å². The van der Waals surface area contributed by atoms with Crippen LogP contribution in [0.3, 0.4) is 0 Å². The molecule has 0 saturated carbocycles. The average molecular weight is 235 g/mol. The second-order valence-electron chi connectivity index (χ2n) is 3.65. The zero-order valence-corrected chi connectivity index (χ0v) is 9.99. The molecule has 2 aromatic rings. The van der Waals surface area contributed by atoms with Crippen LogP contribution in [0.5, 0.6) is 5.75 Å². The molecule has 1 aromatic carbocycles. The van der Waals surface area contributed by atoms with Crippen LogP contribution in [0.4, 0.5) is 5.13 Å². The number of hydrogen-bond acceptors (Lipinski definition) is 5. The van der Waals surface area contributed by atoms with Crippen molar-refractivity contribution in [2.45, 2.75) is 20.0 Å². The molecule has 0 saturated heterocycles. The van der Waals surface area contributed by atoms with E-state index >= 15 is 0 Å². The lowest BCUT2D eigenvalue weighted by molar-refractivity contribution is 0.242. The summed E-state index contributed by atoms with van der Waals surface area (Å²) in [5, 5.41) is 0.477. The largest absolute Gasteiger partial charge is 0.491 e. The van der Waals surface area contributed by atoms with Crippen molar-refractivity contribution in [2.75, 3.05) is 5.73 Å². The van der Waals surface area contributed by atoms with Crippen LogP contribution in [-0.2, 0) is 0 Å². The third-order valence-electron chi connectivity index (χ3n) is 1.91. The lowest BCUT2D eigenvalue weighted by Crippen LogP contribution is -2.05. The summed E-state index contributed by atoms with van der Waals surface area (Å²) in [5.74, 6) is 1.47. The molecule has 0 aliphatic rings. The van der Waals surface area contributed by atoms with Gasteiger partial charge in [0.1, 0.15) is 5.75 Å². The Morgan fingerprint density at radius 3 is 2.81 bits per heavy atom. The summed E-state index contributed by atoms with van der Waals surface area (Å²) in [6, 6.07) is 7.69. The third kappa shape index (κ3) is 2.49. The minimum absolute atomic E-state index is 0.156. The van der Waals surface area contributed by atoms with E-state index in [9.17, 15) is 0 Å². The van der Waals surface area contributed by atoms with E-state index in [1.807, 2.05) is 38.1 Å². The first-order valence-corrected chi connectivity index (χ1v) is 5.79. The molecule has 5 heteroatoms. The first kappa shape index (κ1) is 10.9. The van der Waals surface area contributed by atoms with E-state index in [1.54, 1.807) is 0 Å². The second-order valence-corrected chi connectivity index (χ2v) is 4.43. The predicted octanol–water partition coefficient (Wildman–Crippen LogP) is 2.57. The molecule has 0 unspecified atom stereocenters. The fourth-order valence-corrected chi connectivity index (χ4v) is 1.79. The van der Waals surface area contributed by atoms with Gasteiger partial charge in [0.25, 0.3) is 0 Å². The minimum Gasteiger partial charge on any atom is -0.491 e. The standard InChI is InChI=1S/C11H13N3OS/c1-7(2)15-9-5-3-4-8(6-9)10-13-11(12)16-14-10/h3-7H,1-2H3,(H2,12,13,14). The Labute approximate surface area is 98.3 Å². The summed E-state index contributed by atoms with van der Waals surface area (Å²) in [7, 11) is 0. The van der Waals surface area contributed by atoms with E-state index in [0.29, 0.717) is 11.0 Å². The van der Waals surface area contributed by atoms with Gasteiger partial charge in [-0.1, -0.05) is 12.1 Å². The molecule has 2 N–H and O–H groups in total. The number of ether oxygens (including phenoxy) is 1. The molecule has 84 valence electrons. The van der Waals surface area contributed by atoms with Gasteiger partial charge in [0.15, 0.2) is 11.0 Å². The maximum atomic E-state index is 5.60. The Balaban J connectivity index is 2.28. The van der Waals surface area contributed by atoms with Crippen LogP contribution in [0.1, 0.15) is 13.8 Å². The number of nitrogens with zero attached hydrogens (tertiary/aromatic N) is 2. The Morgan fingerprint density at radius 1 is 1.38 bits per heavy atom. The van der Waals surface area contributed by atoms with E-state index in [1.165, 1.54) is 11.5 Å². The van der Waals surface area contributed by atoms with Gasteiger partial charge in [-0.25, -0.2) is 0 Å². The average Bonchev–Trinajstić information content (AvgIpc) is 2.64. The summed E-state index contributed by atoms with van der Waals surface area (Å²) >= 11 is 1.19. The highest BCUT2D eigenvalue weighted by atomic mass is 32.1. The molecule has 0 spiro atoms. The monoisotopic (exact) mass is 235 g/mol. The van der Waals surface area contributed by atoms with Crippen molar-refractivity contribution in [3.63, 3.8) is 0 Å². The normalized spacial score (nSPS) is 10.7. The van der Waals surface area contributed by atoms with E-state index in [0.717, 1.165) is 11.3 Å². The summed E-state index contributed by atoms with van der Waals surface area (Å²) in [6.07, 6.45) is 0.156. The van der Waals surface area contributed by atoms with Crippen molar-refractivity contribution in [1.82, 2.24) is 9.36 Å². The molecule has 1 aromatic heterocycles. The molecule has 0 aliphatic heterocycles. The Bertz CT molecular complexity index is 482. The van der Waals surface area contributed by atoms with Crippen molar-refractivity contribution in [2.24, 2.45) is 0 Å². The fraction of sp³-hybridized carbons (Fsp3) is 0.273. The molecule has 0 aliphatic carbocycles. The lowest BCUT2D eigenvalue weighted by atomic mass is 10.2. The van der Waals surface area contributed by atoms with Gasteiger partial charge in [-0.2, -0.15) is 9.36 Å². The summed E-state index contributed by atoms with van der Waals surface area (Å²) in [5.41, 5.74) is 6.47. The number of nitrogen functional groups attached to an aromatic ring is 1. The Hall–Kier alpha value is -1.62. The Morgan fingerprint density at radius 2 is 2.19 bits per heavy atom. The molecule has 2 rings (SSSR count). The van der Waals surface area contributed by atoms with Crippen LogP contribution in [-0.4, -0.2) is 15.5 Å². The van der Waals surface area contributed by atoms with Gasteiger partial charge in [0, 0.05) is 17.1 Å². The maximum absolute atomic E-state index is 5.60. The highest BCUT2D eigenvalue weighted by Crippen LogP contribution is 2.23. The molecular weight excluding hydrogens is 222 g/mol. The van der Waals surface area contributed by atoms with Crippen molar-refractivity contribution in [3.8, 4) is 17.1 Å². The predicted molar refractivity (Wildman–Crippen MR) is 65.5 cm³/mol. The van der Waals surface area contributed by atoms with Crippen LogP contribution >= 0.6 is 11.5 Å². The molecule has 4 nitrogen and oxygen atoms in total. The zero-order chi connectivity index (χ0) is 11.5. The minimum atomic E-state index is 0.156. The number of aromatic nitrogens is 2. The van der Waals surface area contributed by atoms with Crippen LogP contribution in [0.15, 0.2) is 24.3 Å². The molecule has 1 heterocycles. The molecule has 0 fully saturated rings. The molecule has 0 bridgehead atoms. The number of hydrogen-bond donors (Lipinski definition) is 1. The van der Waals surface area contributed by atoms with Gasteiger partial charge in [-0.05, 0) is 26.0 Å². The highest BCUT2D eigenvalue weighted by molar-refractivity contribution is 7.09. The summed E-state index contributed by atoms with van der Waals surface area (Å²) in [6.45, 7) is 3.98. The van der Waals surface area contributed by atoms with E-state index in [-0.39, 0.29) is 6.10 Å². The van der Waals surface area contributed by atoms with Crippen molar-refractivity contribution < 1.29 is 4.74 Å². The summed E-state index contributed by atoms with van der Waals surface area (Å²) in [4.78, 5) is 4.13. The van der Waals surface area contributed by atoms with Gasteiger partial charge in [0.2, 0.25) is 0 Å². The van der Waals surface area contributed by atoms with Crippen LogP contribution in [0.25, 0.3) is 11.4 Å². The molecule has 0 amide bonds.